The van der Waals surface area contributed by atoms with Gasteiger partial charge in [-0.1, -0.05) is 5.16 Å². The van der Waals surface area contributed by atoms with Crippen LogP contribution in [0.5, 0.6) is 0 Å². The van der Waals surface area contributed by atoms with Crippen molar-refractivity contribution in [2.24, 2.45) is 0 Å². The van der Waals surface area contributed by atoms with Gasteiger partial charge in [0.25, 0.3) is 11.4 Å². The molecule has 0 bridgehead atoms. The van der Waals surface area contributed by atoms with Crippen molar-refractivity contribution < 1.29 is 17.7 Å². The number of halogens is 4. The second-order valence-corrected chi connectivity index (χ2v) is 5.91. The van der Waals surface area contributed by atoms with Gasteiger partial charge in [0.05, 0.1) is 16.5 Å². The normalized spacial score (nSPS) is 13.2. The van der Waals surface area contributed by atoms with Gasteiger partial charge >= 0.3 is 6.18 Å². The van der Waals surface area contributed by atoms with E-state index in [-0.39, 0.29) is 27.6 Å². The molecule has 1 N–H and O–H groups in total. The van der Waals surface area contributed by atoms with E-state index in [0.717, 1.165) is 4.68 Å². The summed E-state index contributed by atoms with van der Waals surface area (Å²) >= 11 is 2.91. The molecule has 0 spiro atoms. The third-order valence-corrected chi connectivity index (χ3v) is 4.37. The van der Waals surface area contributed by atoms with Gasteiger partial charge in [-0.15, -0.1) is 0 Å². The molecule has 1 atom stereocenters. The van der Waals surface area contributed by atoms with Crippen molar-refractivity contribution in [2.45, 2.75) is 26.1 Å². The number of H-pyrrole nitrogens is 1. The predicted octanol–water partition coefficient (Wildman–Crippen LogP) is 2.72. The first-order valence-corrected chi connectivity index (χ1v) is 7.68. The van der Waals surface area contributed by atoms with Gasteiger partial charge in [-0.05, 0) is 29.8 Å². The smallest absolute Gasteiger partial charge is 0.337 e. The molecule has 3 aromatic rings. The minimum absolute atomic E-state index is 0.0314. The average Bonchev–Trinajstić information content (AvgIpc) is 3.13. The monoisotopic (exact) mass is 418 g/mol. The SMILES string of the molecule is Cc1c(Br)c(C(F)(F)F)nn1C(C)c1nc(-c2cc(=O)[nH]cn2)no1. The second kappa shape index (κ2) is 6.10. The standard InChI is InChI=1S/C13H10BrF3N6O2/c1-5-9(14)10(13(15,16)17)21-23(5)6(2)12-20-11(22-25-12)7-3-8(24)19-4-18-7/h3-4,6H,1-2H3,(H,18,19,24). The van der Waals surface area contributed by atoms with Crippen LogP contribution < -0.4 is 5.56 Å². The van der Waals surface area contributed by atoms with E-state index in [2.05, 4.69) is 41.1 Å². The van der Waals surface area contributed by atoms with Gasteiger partial charge < -0.3 is 9.51 Å². The molecule has 0 saturated carbocycles. The summed E-state index contributed by atoms with van der Waals surface area (Å²) in [5.74, 6) is 0.0803. The summed E-state index contributed by atoms with van der Waals surface area (Å²) in [7, 11) is 0. The predicted molar refractivity (Wildman–Crippen MR) is 81.6 cm³/mol. The lowest BCUT2D eigenvalue weighted by Crippen LogP contribution is -2.13. The Hall–Kier alpha value is -2.50. The molecule has 8 nitrogen and oxygen atoms in total. The fourth-order valence-corrected chi connectivity index (χ4v) is 2.65. The van der Waals surface area contributed by atoms with Gasteiger partial charge in [0, 0.05) is 6.07 Å². The van der Waals surface area contributed by atoms with E-state index in [1.165, 1.54) is 19.3 Å². The van der Waals surface area contributed by atoms with E-state index in [9.17, 15) is 18.0 Å². The maximum atomic E-state index is 13.0. The molecule has 3 aromatic heterocycles. The molecule has 0 aliphatic rings. The minimum Gasteiger partial charge on any atom is -0.337 e. The second-order valence-electron chi connectivity index (χ2n) is 5.12. The van der Waals surface area contributed by atoms with E-state index in [1.54, 1.807) is 6.92 Å². The molecule has 0 aliphatic carbocycles. The van der Waals surface area contributed by atoms with Gasteiger partial charge in [-0.25, -0.2) is 4.98 Å². The molecule has 0 radical (unpaired) electrons. The van der Waals surface area contributed by atoms with E-state index in [0.29, 0.717) is 0 Å². The maximum absolute atomic E-state index is 13.0. The van der Waals surface area contributed by atoms with E-state index in [4.69, 9.17) is 4.52 Å². The minimum atomic E-state index is -4.59. The van der Waals surface area contributed by atoms with Crippen LogP contribution in [0.3, 0.4) is 0 Å². The zero-order valence-electron chi connectivity index (χ0n) is 12.8. The molecule has 12 heteroatoms. The van der Waals surface area contributed by atoms with Crippen LogP contribution in [-0.2, 0) is 6.18 Å². The number of aromatic nitrogens is 6. The Balaban J connectivity index is 1.98. The molecule has 1 unspecified atom stereocenters. The highest BCUT2D eigenvalue weighted by atomic mass is 79.9. The molecule has 3 rings (SSSR count). The van der Waals surface area contributed by atoms with Crippen molar-refractivity contribution in [3.63, 3.8) is 0 Å². The topological polar surface area (TPSA) is 102 Å². The van der Waals surface area contributed by atoms with Gasteiger partial charge in [-0.2, -0.15) is 23.3 Å². The third kappa shape index (κ3) is 3.21. The quantitative estimate of drug-likeness (QED) is 0.701. The average molecular weight is 419 g/mol. The zero-order valence-corrected chi connectivity index (χ0v) is 14.4. The summed E-state index contributed by atoms with van der Waals surface area (Å²) in [5, 5.41) is 7.30. The number of nitrogens with zero attached hydrogens (tertiary/aromatic N) is 5. The highest BCUT2D eigenvalue weighted by Crippen LogP contribution is 2.37. The number of rotatable bonds is 3. The van der Waals surface area contributed by atoms with Gasteiger partial charge in [0.1, 0.15) is 11.7 Å². The van der Waals surface area contributed by atoms with Crippen LogP contribution in [0.2, 0.25) is 0 Å². The summed E-state index contributed by atoms with van der Waals surface area (Å²) in [4.78, 5) is 21.6. The van der Waals surface area contributed by atoms with Crippen LogP contribution in [0.15, 0.2) is 26.2 Å². The molecular weight excluding hydrogens is 409 g/mol. The fraction of sp³-hybridized carbons (Fsp3) is 0.308. The Morgan fingerprint density at radius 3 is 2.72 bits per heavy atom. The molecule has 3 heterocycles. The molecule has 132 valence electrons. The Kier molecular flexibility index (Phi) is 4.22. The van der Waals surface area contributed by atoms with Crippen molar-refractivity contribution in [3.05, 3.63) is 44.5 Å². The lowest BCUT2D eigenvalue weighted by molar-refractivity contribution is -0.142. The van der Waals surface area contributed by atoms with Crippen molar-refractivity contribution in [3.8, 4) is 11.5 Å². The Morgan fingerprint density at radius 1 is 1.40 bits per heavy atom. The molecule has 0 fully saturated rings. The summed E-state index contributed by atoms with van der Waals surface area (Å²) < 4.78 is 45.0. The number of alkyl halides is 3. The first-order chi connectivity index (χ1) is 11.7. The van der Waals surface area contributed by atoms with Crippen LogP contribution in [0.1, 0.15) is 30.2 Å². The lowest BCUT2D eigenvalue weighted by atomic mass is 10.3. The van der Waals surface area contributed by atoms with Gasteiger partial charge in [0.2, 0.25) is 5.82 Å². The first-order valence-electron chi connectivity index (χ1n) is 6.89. The van der Waals surface area contributed by atoms with Gasteiger partial charge in [-0.3, -0.25) is 9.48 Å². The van der Waals surface area contributed by atoms with Crippen molar-refractivity contribution >= 4 is 15.9 Å². The molecule has 0 amide bonds. The summed E-state index contributed by atoms with van der Waals surface area (Å²) in [6.07, 6.45) is -3.41. The van der Waals surface area contributed by atoms with Crippen molar-refractivity contribution in [1.29, 1.82) is 0 Å². The molecule has 0 aliphatic heterocycles. The number of hydrogen-bond donors (Lipinski definition) is 1. The molecular formula is C13H10BrF3N6O2. The fourth-order valence-electron chi connectivity index (χ4n) is 2.16. The Bertz CT molecular complexity index is 977. The van der Waals surface area contributed by atoms with E-state index >= 15 is 0 Å². The molecule has 25 heavy (non-hydrogen) atoms. The molecule has 0 aromatic carbocycles. The number of nitrogens with one attached hydrogen (secondary N) is 1. The highest BCUT2D eigenvalue weighted by molar-refractivity contribution is 9.10. The summed E-state index contributed by atoms with van der Waals surface area (Å²) in [6, 6.07) is 0.423. The van der Waals surface area contributed by atoms with Crippen LogP contribution in [0.4, 0.5) is 13.2 Å². The Labute approximate surface area is 146 Å². The molecule has 0 saturated heterocycles. The summed E-state index contributed by atoms with van der Waals surface area (Å²) in [6.45, 7) is 3.05. The highest BCUT2D eigenvalue weighted by Gasteiger charge is 2.39. The van der Waals surface area contributed by atoms with E-state index in [1.807, 2.05) is 0 Å². The van der Waals surface area contributed by atoms with Crippen LogP contribution in [0, 0.1) is 6.92 Å². The largest absolute Gasteiger partial charge is 0.436 e. The van der Waals surface area contributed by atoms with Crippen molar-refractivity contribution in [2.75, 3.05) is 0 Å². The zero-order chi connectivity index (χ0) is 18.4. The lowest BCUT2D eigenvalue weighted by Gasteiger charge is -2.09. The summed E-state index contributed by atoms with van der Waals surface area (Å²) in [5.41, 5.74) is -0.993. The van der Waals surface area contributed by atoms with E-state index < -0.39 is 23.5 Å². The van der Waals surface area contributed by atoms with Crippen LogP contribution in [-0.4, -0.2) is 29.9 Å². The Morgan fingerprint density at radius 2 is 2.12 bits per heavy atom. The van der Waals surface area contributed by atoms with Crippen LogP contribution >= 0.6 is 15.9 Å². The maximum Gasteiger partial charge on any atom is 0.436 e. The third-order valence-electron chi connectivity index (χ3n) is 3.42. The van der Waals surface area contributed by atoms with Gasteiger partial charge in [0.15, 0.2) is 5.69 Å². The first kappa shape index (κ1) is 17.3. The number of hydrogen-bond acceptors (Lipinski definition) is 6. The number of aromatic amines is 1. The van der Waals surface area contributed by atoms with Crippen LogP contribution in [0.25, 0.3) is 11.5 Å². The van der Waals surface area contributed by atoms with Crippen molar-refractivity contribution in [1.82, 2.24) is 29.9 Å².